The predicted molar refractivity (Wildman–Crippen MR) is 202 cm³/mol. The predicted octanol–water partition coefficient (Wildman–Crippen LogP) is 6.35. The second-order valence-corrected chi connectivity index (χ2v) is 15.8. The van der Waals surface area contributed by atoms with Crippen LogP contribution in [0.25, 0.3) is 43.7 Å². The van der Waals surface area contributed by atoms with E-state index in [4.69, 9.17) is 26.0 Å². The van der Waals surface area contributed by atoms with Gasteiger partial charge in [0.2, 0.25) is 0 Å². The van der Waals surface area contributed by atoms with Gasteiger partial charge in [0.15, 0.2) is 5.82 Å². The summed E-state index contributed by atoms with van der Waals surface area (Å²) in [5, 5.41) is 17.2. The van der Waals surface area contributed by atoms with Gasteiger partial charge in [-0.3, -0.25) is 9.58 Å². The van der Waals surface area contributed by atoms with Crippen molar-refractivity contribution in [3.63, 3.8) is 0 Å². The van der Waals surface area contributed by atoms with E-state index in [1.165, 1.54) is 24.3 Å². The van der Waals surface area contributed by atoms with Gasteiger partial charge >= 0.3 is 6.01 Å². The SMILES string of the molecule is C#Cc1c(F)ccc2cc(O)cc(-c3c(F)c4nc(OC[C@]5(CN(CC)CC)CC5(F)F)nc(N5C6CCC5CN(CC5COC5)C6)c4c4cn(C)nc34)c12. The van der Waals surface area contributed by atoms with Gasteiger partial charge in [0.05, 0.1) is 29.6 Å². The first kappa shape index (κ1) is 36.0. The van der Waals surface area contributed by atoms with E-state index in [1.807, 2.05) is 18.7 Å². The summed E-state index contributed by atoms with van der Waals surface area (Å²) < 4.78 is 76.4. The first-order valence-electron chi connectivity index (χ1n) is 19.0. The number of likely N-dealkylation sites (tertiary alicyclic amines) is 1. The molecule has 5 heterocycles. The average Bonchev–Trinajstić information content (AvgIpc) is 3.32. The summed E-state index contributed by atoms with van der Waals surface area (Å²) in [7, 11) is 1.72. The molecule has 55 heavy (non-hydrogen) atoms. The number of phenolic OH excluding ortho intramolecular Hbond substituents is 1. The molecule has 1 N–H and O–H groups in total. The highest BCUT2D eigenvalue weighted by Crippen LogP contribution is 2.61. The number of aryl methyl sites for hydroxylation is 1. The van der Waals surface area contributed by atoms with Crippen LogP contribution in [-0.4, -0.2) is 112 Å². The average molecular weight is 758 g/mol. The van der Waals surface area contributed by atoms with Crippen LogP contribution in [-0.2, 0) is 11.8 Å². The number of ether oxygens (including phenoxy) is 2. The highest BCUT2D eigenvalue weighted by Gasteiger charge is 2.72. The summed E-state index contributed by atoms with van der Waals surface area (Å²) in [6, 6.07) is 5.37. The zero-order valence-electron chi connectivity index (χ0n) is 31.1. The minimum atomic E-state index is -2.93. The van der Waals surface area contributed by atoms with Crippen molar-refractivity contribution < 1.29 is 32.1 Å². The molecule has 1 saturated carbocycles. The molecule has 2 bridgehead atoms. The lowest BCUT2D eigenvalue weighted by Crippen LogP contribution is -2.56. The maximum Gasteiger partial charge on any atom is 0.319 e. The number of aromatic hydroxyl groups is 1. The number of rotatable bonds is 11. The zero-order chi connectivity index (χ0) is 38.4. The molecular formula is C41H43F4N7O3. The second-order valence-electron chi connectivity index (χ2n) is 15.8. The number of terminal acetylenes is 1. The molecule has 2 aromatic heterocycles. The first-order chi connectivity index (χ1) is 26.4. The van der Waals surface area contributed by atoms with Gasteiger partial charge in [-0.15, -0.1) is 6.42 Å². The third-order valence-electron chi connectivity index (χ3n) is 12.2. The van der Waals surface area contributed by atoms with Crippen LogP contribution in [0.3, 0.4) is 0 Å². The molecule has 1 aliphatic carbocycles. The van der Waals surface area contributed by atoms with Crippen LogP contribution in [0.15, 0.2) is 30.5 Å². The molecule has 2 unspecified atom stereocenters. The number of anilines is 1. The van der Waals surface area contributed by atoms with E-state index in [-0.39, 0.29) is 76.5 Å². The molecule has 3 aromatic carbocycles. The number of aromatic nitrogens is 4. The molecule has 10 nitrogen and oxygen atoms in total. The molecule has 4 aliphatic rings. The summed E-state index contributed by atoms with van der Waals surface area (Å²) in [5.74, 6) is -1.23. The van der Waals surface area contributed by atoms with Gasteiger partial charge < -0.3 is 24.4 Å². The van der Waals surface area contributed by atoms with Crippen LogP contribution >= 0.6 is 0 Å². The van der Waals surface area contributed by atoms with Crippen LogP contribution in [0, 0.1) is 35.3 Å². The Hall–Kier alpha value is -4.71. The van der Waals surface area contributed by atoms with Gasteiger partial charge in [-0.1, -0.05) is 25.8 Å². The van der Waals surface area contributed by atoms with Gasteiger partial charge in [-0.25, -0.2) is 17.6 Å². The summed E-state index contributed by atoms with van der Waals surface area (Å²) in [5.41, 5.74) is -1.27. The molecular weight excluding hydrogens is 714 g/mol. The smallest absolute Gasteiger partial charge is 0.319 e. The van der Waals surface area contributed by atoms with Crippen molar-refractivity contribution in [3.05, 3.63) is 47.7 Å². The molecule has 3 saturated heterocycles. The van der Waals surface area contributed by atoms with Crippen LogP contribution in [0.1, 0.15) is 38.7 Å². The van der Waals surface area contributed by atoms with Crippen molar-refractivity contribution in [3.8, 4) is 35.2 Å². The number of phenols is 1. The first-order valence-corrected chi connectivity index (χ1v) is 19.0. The van der Waals surface area contributed by atoms with E-state index in [1.54, 1.807) is 17.9 Å². The van der Waals surface area contributed by atoms with Crippen molar-refractivity contribution >= 4 is 38.4 Å². The molecule has 0 amide bonds. The number of benzene rings is 3. The van der Waals surface area contributed by atoms with Gasteiger partial charge in [-0.05, 0) is 55.1 Å². The van der Waals surface area contributed by atoms with E-state index in [0.717, 1.165) is 45.7 Å². The molecule has 3 atom stereocenters. The molecule has 0 radical (unpaired) electrons. The van der Waals surface area contributed by atoms with E-state index in [9.17, 15) is 5.11 Å². The Kier molecular flexibility index (Phi) is 8.63. The molecule has 14 heteroatoms. The van der Waals surface area contributed by atoms with E-state index in [2.05, 4.69) is 20.7 Å². The quantitative estimate of drug-likeness (QED) is 0.122. The third kappa shape index (κ3) is 5.85. The fourth-order valence-electron chi connectivity index (χ4n) is 9.25. The Labute approximate surface area is 316 Å². The van der Waals surface area contributed by atoms with Crippen LogP contribution in [0.5, 0.6) is 11.8 Å². The number of alkyl halides is 2. The molecule has 9 rings (SSSR count). The third-order valence-corrected chi connectivity index (χ3v) is 12.2. The fourth-order valence-corrected chi connectivity index (χ4v) is 9.25. The lowest BCUT2D eigenvalue weighted by molar-refractivity contribution is -0.0484. The summed E-state index contributed by atoms with van der Waals surface area (Å²) >= 11 is 0. The fraction of sp³-hybridized carbons (Fsp3) is 0.488. The topological polar surface area (TPSA) is 92.0 Å². The standard InChI is InChI=1S/C41H43F4N7O3/c1-5-28-31(42)11-8-24-12-27(53)13-29(32(24)28)33-35(43)37-34(30-17-49(4)48-36(30)33)38(52-25-9-10-26(52)16-51(15-25)14-23-18-54-19-23)47-39(46-37)55-22-40(20-41(40,44)45)21-50(6-2)7-3/h1,8,11-13,17,23,25-26,53H,6-7,9-10,14-16,18-22H2,2-4H3/t25?,26?,40-/m1/s1. The second kappa shape index (κ2) is 13.2. The highest BCUT2D eigenvalue weighted by molar-refractivity contribution is 6.18. The number of halogens is 4. The summed E-state index contributed by atoms with van der Waals surface area (Å²) in [6.45, 7) is 8.87. The molecule has 0 spiro atoms. The van der Waals surface area contributed by atoms with Crippen LogP contribution in [0.4, 0.5) is 23.4 Å². The number of nitrogens with zero attached hydrogens (tertiary/aromatic N) is 7. The Morgan fingerprint density at radius 2 is 1.78 bits per heavy atom. The number of fused-ring (bicyclic) bond motifs is 6. The molecule has 4 fully saturated rings. The largest absolute Gasteiger partial charge is 0.508 e. The maximum atomic E-state index is 17.8. The van der Waals surface area contributed by atoms with Crippen molar-refractivity contribution in [2.24, 2.45) is 18.4 Å². The van der Waals surface area contributed by atoms with Gasteiger partial charge in [-0.2, -0.15) is 15.1 Å². The zero-order valence-corrected chi connectivity index (χ0v) is 31.1. The number of piperazine rings is 1. The lowest BCUT2D eigenvalue weighted by Gasteiger charge is -2.44. The number of hydrogen-bond donors (Lipinski definition) is 1. The Bertz CT molecular complexity index is 2380. The maximum absolute atomic E-state index is 17.8. The Balaban J connectivity index is 1.24. The highest BCUT2D eigenvalue weighted by atomic mass is 19.3. The van der Waals surface area contributed by atoms with Crippen LogP contribution in [0.2, 0.25) is 0 Å². The van der Waals surface area contributed by atoms with Crippen molar-refractivity contribution in [2.75, 3.05) is 64.0 Å². The number of hydrogen-bond acceptors (Lipinski definition) is 9. The summed E-state index contributed by atoms with van der Waals surface area (Å²) in [6.07, 6.45) is 9.04. The lowest BCUT2D eigenvalue weighted by atomic mass is 9.91. The van der Waals surface area contributed by atoms with E-state index >= 15 is 17.6 Å². The minimum absolute atomic E-state index is 0.0380. The van der Waals surface area contributed by atoms with Gasteiger partial charge in [0.1, 0.15) is 35.0 Å². The Morgan fingerprint density at radius 3 is 2.42 bits per heavy atom. The van der Waals surface area contributed by atoms with Crippen molar-refractivity contribution in [1.29, 1.82) is 0 Å². The van der Waals surface area contributed by atoms with E-state index < -0.39 is 23.0 Å². The van der Waals surface area contributed by atoms with E-state index in [0.29, 0.717) is 41.0 Å². The minimum Gasteiger partial charge on any atom is -0.508 e. The Morgan fingerprint density at radius 1 is 1.05 bits per heavy atom. The molecule has 288 valence electrons. The van der Waals surface area contributed by atoms with Gasteiger partial charge in [0.25, 0.3) is 5.92 Å². The van der Waals surface area contributed by atoms with Crippen molar-refractivity contribution in [2.45, 2.75) is 51.1 Å². The molecule has 5 aromatic rings. The monoisotopic (exact) mass is 757 g/mol. The summed E-state index contributed by atoms with van der Waals surface area (Å²) in [4.78, 5) is 16.3. The van der Waals surface area contributed by atoms with Crippen LogP contribution < -0.4 is 9.64 Å². The van der Waals surface area contributed by atoms with Gasteiger partial charge in [0, 0.05) is 80.2 Å². The molecule has 3 aliphatic heterocycles. The van der Waals surface area contributed by atoms with Crippen molar-refractivity contribution in [1.82, 2.24) is 29.5 Å². The normalized spacial score (nSPS) is 23.6.